The number of rotatable bonds is 1. The molecule has 1 aliphatic heterocycles. The van der Waals surface area contributed by atoms with Crippen molar-refractivity contribution < 1.29 is 13.5 Å². The summed E-state index contributed by atoms with van der Waals surface area (Å²) in [5, 5.41) is 12.7. The molecular weight excluding hydrogens is 282 g/mol. The van der Waals surface area contributed by atoms with Crippen LogP contribution < -0.4 is 5.32 Å². The van der Waals surface area contributed by atoms with E-state index in [0.717, 1.165) is 21.2 Å². The summed E-state index contributed by atoms with van der Waals surface area (Å²) in [6.45, 7) is 0. The van der Waals surface area contributed by atoms with Crippen LogP contribution in [0.1, 0.15) is 0 Å². The summed E-state index contributed by atoms with van der Waals surface area (Å²) in [6, 6.07) is 10.0. The van der Waals surface area contributed by atoms with Crippen molar-refractivity contribution in [1.29, 1.82) is 0 Å². The van der Waals surface area contributed by atoms with Gasteiger partial charge in [0.15, 0.2) is 9.84 Å². The Morgan fingerprint density at radius 2 is 1.84 bits per heavy atom. The molecule has 1 aliphatic rings. The molecule has 0 aromatic heterocycles. The maximum absolute atomic E-state index is 11.5. The maximum Gasteiger partial charge on any atom is 0.175 e. The molecule has 0 aliphatic carbocycles. The molecule has 0 atom stereocenters. The van der Waals surface area contributed by atoms with Crippen LogP contribution in [0, 0.1) is 0 Å². The van der Waals surface area contributed by atoms with Crippen LogP contribution >= 0.6 is 11.8 Å². The van der Waals surface area contributed by atoms with E-state index in [4.69, 9.17) is 0 Å². The molecule has 0 unspecified atom stereocenters. The van der Waals surface area contributed by atoms with E-state index < -0.39 is 9.84 Å². The fourth-order valence-corrected chi connectivity index (χ4v) is 3.54. The topological polar surface area (TPSA) is 66.4 Å². The third kappa shape index (κ3) is 2.29. The molecule has 4 nitrogen and oxygen atoms in total. The highest BCUT2D eigenvalue weighted by atomic mass is 32.2. The first kappa shape index (κ1) is 12.4. The zero-order valence-corrected chi connectivity index (χ0v) is 11.7. The van der Waals surface area contributed by atoms with Gasteiger partial charge in [0.2, 0.25) is 0 Å². The number of anilines is 2. The van der Waals surface area contributed by atoms with Crippen molar-refractivity contribution in [1.82, 2.24) is 0 Å². The lowest BCUT2D eigenvalue weighted by molar-refractivity contribution is 0.474. The van der Waals surface area contributed by atoms with Gasteiger partial charge in [-0.05, 0) is 36.4 Å². The summed E-state index contributed by atoms with van der Waals surface area (Å²) in [7, 11) is -3.21. The normalized spacial score (nSPS) is 13.3. The lowest BCUT2D eigenvalue weighted by Crippen LogP contribution is -2.03. The van der Waals surface area contributed by atoms with Crippen LogP contribution in [0.5, 0.6) is 5.75 Å². The average molecular weight is 293 g/mol. The molecule has 0 saturated heterocycles. The smallest absolute Gasteiger partial charge is 0.175 e. The molecule has 0 spiro atoms. The number of benzene rings is 2. The van der Waals surface area contributed by atoms with Gasteiger partial charge < -0.3 is 10.4 Å². The van der Waals surface area contributed by atoms with Gasteiger partial charge in [-0.15, -0.1) is 0 Å². The Kier molecular flexibility index (Phi) is 2.72. The molecule has 98 valence electrons. The molecule has 2 aromatic rings. The lowest BCUT2D eigenvalue weighted by Gasteiger charge is -2.21. The second kappa shape index (κ2) is 4.18. The molecule has 0 radical (unpaired) electrons. The van der Waals surface area contributed by atoms with Crippen LogP contribution in [0.4, 0.5) is 11.4 Å². The first-order valence-corrected chi connectivity index (χ1v) is 8.26. The van der Waals surface area contributed by atoms with Gasteiger partial charge in [-0.25, -0.2) is 8.42 Å². The Morgan fingerprint density at radius 3 is 2.58 bits per heavy atom. The van der Waals surface area contributed by atoms with Crippen molar-refractivity contribution in [2.24, 2.45) is 0 Å². The molecule has 0 saturated carbocycles. The van der Waals surface area contributed by atoms with Crippen molar-refractivity contribution >= 4 is 33.0 Å². The number of aromatic hydroxyl groups is 1. The number of hydrogen-bond acceptors (Lipinski definition) is 5. The largest absolute Gasteiger partial charge is 0.508 e. The van der Waals surface area contributed by atoms with Gasteiger partial charge in [-0.2, -0.15) is 0 Å². The van der Waals surface area contributed by atoms with Gasteiger partial charge in [0, 0.05) is 16.0 Å². The minimum atomic E-state index is -3.21. The van der Waals surface area contributed by atoms with Gasteiger partial charge in [0.05, 0.1) is 16.3 Å². The summed E-state index contributed by atoms with van der Waals surface area (Å²) in [5.41, 5.74) is 1.63. The fraction of sp³-hybridized carbons (Fsp3) is 0.0769. The van der Waals surface area contributed by atoms with E-state index in [1.807, 2.05) is 0 Å². The average Bonchev–Trinajstić information content (AvgIpc) is 2.34. The SMILES string of the molecule is CS(=O)(=O)c1ccc2c(c1)Nc1ccc(O)cc1S2. The van der Waals surface area contributed by atoms with Gasteiger partial charge >= 0.3 is 0 Å². The highest BCUT2D eigenvalue weighted by molar-refractivity contribution is 7.99. The monoisotopic (exact) mass is 293 g/mol. The molecule has 2 aromatic carbocycles. The second-order valence-electron chi connectivity index (χ2n) is 4.34. The van der Waals surface area contributed by atoms with Crippen molar-refractivity contribution in [3.05, 3.63) is 36.4 Å². The summed E-state index contributed by atoms with van der Waals surface area (Å²) in [4.78, 5) is 2.15. The molecule has 3 rings (SSSR count). The Bertz CT molecular complexity index is 769. The van der Waals surface area contributed by atoms with E-state index in [9.17, 15) is 13.5 Å². The van der Waals surface area contributed by atoms with Crippen LogP contribution in [0.3, 0.4) is 0 Å². The summed E-state index contributed by atoms with van der Waals surface area (Å²) in [6.07, 6.45) is 1.19. The van der Waals surface area contributed by atoms with E-state index in [-0.39, 0.29) is 5.75 Å². The van der Waals surface area contributed by atoms with Crippen molar-refractivity contribution in [3.63, 3.8) is 0 Å². The summed E-state index contributed by atoms with van der Waals surface area (Å²) in [5.74, 6) is 0.212. The molecule has 0 fully saturated rings. The highest BCUT2D eigenvalue weighted by Crippen LogP contribution is 2.45. The minimum absolute atomic E-state index is 0.212. The maximum atomic E-state index is 11.5. The van der Waals surface area contributed by atoms with E-state index in [0.29, 0.717) is 4.90 Å². The standard InChI is InChI=1S/C13H11NO3S2/c1-19(16,17)9-3-5-12-11(7-9)14-10-4-2-8(15)6-13(10)18-12/h2-7,14-15H,1H3. The molecule has 0 bridgehead atoms. The first-order chi connectivity index (χ1) is 8.93. The van der Waals surface area contributed by atoms with Crippen LogP contribution in [0.15, 0.2) is 51.1 Å². The van der Waals surface area contributed by atoms with Gasteiger partial charge in [-0.3, -0.25) is 0 Å². The number of phenols is 1. The number of hydrogen-bond donors (Lipinski definition) is 2. The third-order valence-electron chi connectivity index (χ3n) is 2.83. The molecule has 1 heterocycles. The Hall–Kier alpha value is -1.66. The van der Waals surface area contributed by atoms with Crippen LogP contribution in [0.25, 0.3) is 0 Å². The minimum Gasteiger partial charge on any atom is -0.508 e. The molecular formula is C13H11NO3S2. The zero-order valence-electron chi connectivity index (χ0n) is 10.0. The van der Waals surface area contributed by atoms with Crippen molar-refractivity contribution in [2.45, 2.75) is 14.7 Å². The third-order valence-corrected chi connectivity index (χ3v) is 5.08. The van der Waals surface area contributed by atoms with Gasteiger partial charge in [0.1, 0.15) is 5.75 Å². The van der Waals surface area contributed by atoms with E-state index in [1.165, 1.54) is 18.0 Å². The van der Waals surface area contributed by atoms with E-state index in [1.54, 1.807) is 36.4 Å². The molecule has 6 heteroatoms. The predicted molar refractivity (Wildman–Crippen MR) is 75.1 cm³/mol. The molecule has 0 amide bonds. The fourth-order valence-electron chi connectivity index (χ4n) is 1.89. The van der Waals surface area contributed by atoms with Gasteiger partial charge in [0.25, 0.3) is 0 Å². The van der Waals surface area contributed by atoms with Crippen LogP contribution in [-0.2, 0) is 9.84 Å². The zero-order chi connectivity index (χ0) is 13.6. The predicted octanol–water partition coefficient (Wildman–Crippen LogP) is 3.00. The molecule has 2 N–H and O–H groups in total. The Balaban J connectivity index is 2.08. The van der Waals surface area contributed by atoms with Crippen LogP contribution in [0.2, 0.25) is 0 Å². The quantitative estimate of drug-likeness (QED) is 0.675. The van der Waals surface area contributed by atoms with Crippen molar-refractivity contribution in [2.75, 3.05) is 11.6 Å². The van der Waals surface area contributed by atoms with E-state index >= 15 is 0 Å². The number of nitrogens with one attached hydrogen (secondary N) is 1. The number of phenolic OH excluding ortho intramolecular Hbond substituents is 1. The van der Waals surface area contributed by atoms with E-state index in [2.05, 4.69) is 5.32 Å². The van der Waals surface area contributed by atoms with Gasteiger partial charge in [-0.1, -0.05) is 11.8 Å². The molecule has 19 heavy (non-hydrogen) atoms. The number of fused-ring (bicyclic) bond motifs is 2. The van der Waals surface area contributed by atoms with Crippen molar-refractivity contribution in [3.8, 4) is 5.75 Å². The lowest BCUT2D eigenvalue weighted by atomic mass is 10.2. The Morgan fingerprint density at radius 1 is 1.05 bits per heavy atom. The summed E-state index contributed by atoms with van der Waals surface area (Å²) < 4.78 is 23.1. The number of sulfone groups is 1. The second-order valence-corrected chi connectivity index (χ2v) is 7.44. The first-order valence-electron chi connectivity index (χ1n) is 5.55. The summed E-state index contributed by atoms with van der Waals surface area (Å²) >= 11 is 1.50. The highest BCUT2D eigenvalue weighted by Gasteiger charge is 2.18. The Labute approximate surface area is 115 Å². The van der Waals surface area contributed by atoms with Crippen LogP contribution in [-0.4, -0.2) is 19.8 Å².